The van der Waals surface area contributed by atoms with Gasteiger partial charge in [-0.25, -0.2) is 0 Å². The molecule has 1 heterocycles. The maximum absolute atomic E-state index is 13.9. The minimum absolute atomic E-state index is 0.0523. The summed E-state index contributed by atoms with van der Waals surface area (Å²) in [5.41, 5.74) is 6.94. The molecular formula is C26H26N2O6. The lowest BCUT2D eigenvalue weighted by molar-refractivity contribution is -0.177. The predicted molar refractivity (Wildman–Crippen MR) is 115 cm³/mol. The molecule has 1 aliphatic heterocycles. The third-order valence-corrected chi connectivity index (χ3v) is 10.7. The summed E-state index contributed by atoms with van der Waals surface area (Å²) in [6.07, 6.45) is 2.16. The van der Waals surface area contributed by atoms with Gasteiger partial charge in [0.1, 0.15) is 18.1 Å². The van der Waals surface area contributed by atoms with E-state index >= 15 is 0 Å². The zero-order chi connectivity index (χ0) is 23.7. The molecule has 6 saturated carbocycles. The Morgan fingerprint density at radius 2 is 2.00 bits per heavy atom. The average Bonchev–Trinajstić information content (AvgIpc) is 3.36. The number of aliphatic hydroxyl groups excluding tert-OH is 1. The Morgan fingerprint density at radius 1 is 1.24 bits per heavy atom. The summed E-state index contributed by atoms with van der Waals surface area (Å²) in [5, 5.41) is 11.0. The van der Waals surface area contributed by atoms with Crippen molar-refractivity contribution in [2.75, 3.05) is 0 Å². The van der Waals surface area contributed by atoms with Crippen LogP contribution in [0.5, 0.6) is 0 Å². The highest BCUT2D eigenvalue weighted by Gasteiger charge is 3.00. The number of benzene rings is 1. The highest BCUT2D eigenvalue weighted by Crippen LogP contribution is 2.92. The van der Waals surface area contributed by atoms with E-state index in [0.717, 1.165) is 12.0 Å². The van der Waals surface area contributed by atoms with E-state index in [1.54, 1.807) is 6.92 Å². The average molecular weight is 463 g/mol. The summed E-state index contributed by atoms with van der Waals surface area (Å²) < 4.78 is 11.9. The molecule has 0 amide bonds. The summed E-state index contributed by atoms with van der Waals surface area (Å²) in [6.45, 7) is 1.74. The highest BCUT2D eigenvalue weighted by molar-refractivity contribution is 6.44. The fourth-order valence-electron chi connectivity index (χ4n) is 9.55. The Bertz CT molecular complexity index is 1220. The van der Waals surface area contributed by atoms with Crippen LogP contribution >= 0.6 is 0 Å². The van der Waals surface area contributed by atoms with Gasteiger partial charge in [0.15, 0.2) is 0 Å². The molecule has 1 unspecified atom stereocenters. The number of ether oxygens (including phenoxy) is 2. The van der Waals surface area contributed by atoms with Crippen molar-refractivity contribution in [2.45, 2.75) is 57.3 Å². The van der Waals surface area contributed by atoms with Crippen LogP contribution in [0.25, 0.3) is 5.53 Å². The Labute approximate surface area is 196 Å². The Kier molecular flexibility index (Phi) is 3.65. The van der Waals surface area contributed by atoms with Crippen molar-refractivity contribution in [3.05, 3.63) is 41.4 Å². The fourth-order valence-corrected chi connectivity index (χ4v) is 9.55. The van der Waals surface area contributed by atoms with Crippen LogP contribution in [-0.4, -0.2) is 45.0 Å². The predicted octanol–water partition coefficient (Wildman–Crippen LogP) is 2.09. The van der Waals surface area contributed by atoms with E-state index in [2.05, 4.69) is 4.79 Å². The molecule has 9 atom stereocenters. The van der Waals surface area contributed by atoms with Gasteiger partial charge in [-0.05, 0) is 50.5 Å². The largest absolute Gasteiger partial charge is 0.461 e. The number of fused-ring (bicyclic) bond motifs is 1. The van der Waals surface area contributed by atoms with Crippen LogP contribution in [0.15, 0.2) is 30.3 Å². The lowest BCUT2D eigenvalue weighted by atomic mass is 9.45. The Balaban J connectivity index is 1.30. The quantitative estimate of drug-likeness (QED) is 0.416. The van der Waals surface area contributed by atoms with Crippen LogP contribution in [-0.2, 0) is 30.5 Å². The van der Waals surface area contributed by atoms with Gasteiger partial charge in [-0.3, -0.25) is 14.4 Å². The molecule has 1 saturated heterocycles. The van der Waals surface area contributed by atoms with Gasteiger partial charge in [0, 0.05) is 11.3 Å². The zero-order valence-electron chi connectivity index (χ0n) is 18.9. The van der Waals surface area contributed by atoms with Crippen molar-refractivity contribution in [1.82, 2.24) is 0 Å². The van der Waals surface area contributed by atoms with Gasteiger partial charge in [0.25, 0.3) is 0 Å². The molecule has 0 aromatic heterocycles. The summed E-state index contributed by atoms with van der Waals surface area (Å²) in [5.74, 6) is -3.22. The summed E-state index contributed by atoms with van der Waals surface area (Å²) in [4.78, 5) is 44.2. The normalized spacial score (nSPS) is 49.0. The maximum Gasteiger partial charge on any atom is 0.343 e. The standard InChI is InChI=1S/C26H26N2O6/c1-23-15(21(31)33-12-13-5-3-2-4-6-13)8-10-26(34-22(23)32)18(23)16(28-27)20(30)24-11-14-7-9-25(24,26)19(24)17(14)29/h2-6,14-15,17-19,29H,7-12H2,1H3/t14-,15+,17+,18-,19?,23+,24+,25+,26+/m1/s1. The molecule has 1 aromatic rings. The summed E-state index contributed by atoms with van der Waals surface area (Å²) in [7, 11) is 0. The first-order chi connectivity index (χ1) is 16.3. The monoisotopic (exact) mass is 462 g/mol. The number of carbonyl (C=O) groups excluding carboxylic acids is 3. The van der Waals surface area contributed by atoms with E-state index in [1.165, 1.54) is 0 Å². The molecule has 176 valence electrons. The molecule has 2 spiro atoms. The zero-order valence-corrected chi connectivity index (χ0v) is 18.9. The third kappa shape index (κ3) is 1.84. The van der Waals surface area contributed by atoms with Crippen molar-refractivity contribution >= 4 is 23.4 Å². The minimum atomic E-state index is -1.38. The van der Waals surface area contributed by atoms with Crippen molar-refractivity contribution in [2.24, 2.45) is 39.9 Å². The van der Waals surface area contributed by atoms with Crippen LogP contribution in [0.3, 0.4) is 0 Å². The van der Waals surface area contributed by atoms with Crippen molar-refractivity contribution in [3.8, 4) is 0 Å². The van der Waals surface area contributed by atoms with Crippen LogP contribution in [0.2, 0.25) is 0 Å². The highest BCUT2D eigenvalue weighted by atomic mass is 16.6. The molecule has 0 radical (unpaired) electrons. The van der Waals surface area contributed by atoms with E-state index in [-0.39, 0.29) is 29.9 Å². The molecule has 7 fully saturated rings. The molecular weight excluding hydrogens is 436 g/mol. The first-order valence-electron chi connectivity index (χ1n) is 12.2. The molecule has 7 aliphatic rings. The Morgan fingerprint density at radius 3 is 2.74 bits per heavy atom. The van der Waals surface area contributed by atoms with Gasteiger partial charge >= 0.3 is 17.7 Å². The smallest absolute Gasteiger partial charge is 0.343 e. The lowest BCUT2D eigenvalue weighted by Gasteiger charge is -2.54. The maximum atomic E-state index is 13.9. The Hall–Kier alpha value is -2.83. The number of carbonyl (C=O) groups is 3. The number of ketones is 1. The molecule has 6 aliphatic carbocycles. The van der Waals surface area contributed by atoms with Crippen LogP contribution in [0, 0.1) is 39.9 Å². The minimum Gasteiger partial charge on any atom is -0.461 e. The number of aliphatic hydroxyl groups is 1. The van der Waals surface area contributed by atoms with E-state index in [0.29, 0.717) is 25.7 Å². The number of Topliss-reactive ketones (excluding diaryl/α,β-unsaturated/α-hetero) is 1. The summed E-state index contributed by atoms with van der Waals surface area (Å²) in [6, 6.07) is 9.30. The third-order valence-electron chi connectivity index (χ3n) is 10.7. The number of nitrogens with zero attached hydrogens (tertiary/aromatic N) is 2. The van der Waals surface area contributed by atoms with E-state index in [9.17, 15) is 25.0 Å². The van der Waals surface area contributed by atoms with Crippen LogP contribution in [0.4, 0.5) is 0 Å². The second-order valence-corrected chi connectivity index (χ2v) is 11.4. The second kappa shape index (κ2) is 6.04. The SMILES string of the molecule is C[C@]12C(=O)O[C@@]3(CC[C@H]1C(=O)OCc1ccccc1)[C@@H]2C(=[N+]=[N-])C(=O)[C@@]12C[C@H]4CC[C@@]31C2[C@H]4O. The van der Waals surface area contributed by atoms with Gasteiger partial charge in [0.2, 0.25) is 5.78 Å². The fraction of sp³-hybridized carbons (Fsp3) is 0.615. The van der Waals surface area contributed by atoms with Gasteiger partial charge in [-0.15, -0.1) is 0 Å². The first-order valence-corrected chi connectivity index (χ1v) is 12.2. The first kappa shape index (κ1) is 20.5. The van der Waals surface area contributed by atoms with Crippen LogP contribution < -0.4 is 0 Å². The molecule has 8 heteroatoms. The molecule has 1 N–H and O–H groups in total. The van der Waals surface area contributed by atoms with Gasteiger partial charge in [-0.2, -0.15) is 4.79 Å². The van der Waals surface area contributed by atoms with Gasteiger partial charge in [-0.1, -0.05) is 30.3 Å². The van der Waals surface area contributed by atoms with E-state index in [1.807, 2.05) is 30.3 Å². The lowest BCUT2D eigenvalue weighted by Crippen LogP contribution is -2.66. The van der Waals surface area contributed by atoms with Gasteiger partial charge < -0.3 is 20.1 Å². The van der Waals surface area contributed by atoms with Crippen LogP contribution in [0.1, 0.15) is 44.6 Å². The second-order valence-electron chi connectivity index (χ2n) is 11.4. The van der Waals surface area contributed by atoms with Crippen molar-refractivity contribution in [3.63, 3.8) is 0 Å². The van der Waals surface area contributed by atoms with E-state index in [4.69, 9.17) is 9.47 Å². The number of rotatable bonds is 3. The molecule has 34 heavy (non-hydrogen) atoms. The van der Waals surface area contributed by atoms with Crippen molar-refractivity contribution in [1.29, 1.82) is 0 Å². The number of hydrogen-bond acceptors (Lipinski definition) is 6. The molecule has 8 nitrogen and oxygen atoms in total. The molecule has 8 rings (SSSR count). The molecule has 6 bridgehead atoms. The molecule has 1 aromatic carbocycles. The van der Waals surface area contributed by atoms with Crippen molar-refractivity contribution < 1.29 is 33.8 Å². The van der Waals surface area contributed by atoms with E-state index < -0.39 is 51.7 Å². The number of esters is 2. The topological polar surface area (TPSA) is 126 Å². The summed E-state index contributed by atoms with van der Waals surface area (Å²) >= 11 is 0. The van der Waals surface area contributed by atoms with Gasteiger partial charge in [0.05, 0.1) is 22.9 Å². The number of hydrogen-bond donors (Lipinski definition) is 1.